The van der Waals surface area contributed by atoms with Gasteiger partial charge in [-0.1, -0.05) is 11.6 Å². The highest BCUT2D eigenvalue weighted by molar-refractivity contribution is 6.30. The van der Waals surface area contributed by atoms with Gasteiger partial charge >= 0.3 is 0 Å². The van der Waals surface area contributed by atoms with Crippen LogP contribution in [0.1, 0.15) is 5.56 Å². The summed E-state index contributed by atoms with van der Waals surface area (Å²) >= 11 is 5.74. The molecular formula is C8H9ClN2O. The Morgan fingerprint density at radius 3 is 2.92 bits per heavy atom. The third-order valence-electron chi connectivity index (χ3n) is 1.51. The van der Waals surface area contributed by atoms with Crippen molar-refractivity contribution in [3.05, 3.63) is 33.7 Å². The SMILES string of the molecule is CNCc1cc(Cl)ccc1N=O. The molecule has 1 aromatic carbocycles. The average Bonchev–Trinajstić information content (AvgIpc) is 2.05. The molecule has 0 aliphatic heterocycles. The maximum atomic E-state index is 10.3. The van der Waals surface area contributed by atoms with Gasteiger partial charge in [0.05, 0.1) is 0 Å². The summed E-state index contributed by atoms with van der Waals surface area (Å²) < 4.78 is 0. The molecule has 0 aliphatic carbocycles. The van der Waals surface area contributed by atoms with Crippen molar-refractivity contribution >= 4 is 17.3 Å². The van der Waals surface area contributed by atoms with E-state index in [4.69, 9.17) is 11.6 Å². The standard InChI is InChI=1S/C8H9ClN2O/c1-10-5-6-4-7(9)2-3-8(6)11-12/h2-4,10H,5H2,1H3. The lowest BCUT2D eigenvalue weighted by Crippen LogP contribution is -2.04. The van der Waals surface area contributed by atoms with E-state index in [-0.39, 0.29) is 0 Å². The van der Waals surface area contributed by atoms with Crippen LogP contribution in [0.4, 0.5) is 5.69 Å². The van der Waals surface area contributed by atoms with Gasteiger partial charge < -0.3 is 5.32 Å². The van der Waals surface area contributed by atoms with Gasteiger partial charge in [-0.25, -0.2) is 0 Å². The third kappa shape index (κ3) is 2.03. The summed E-state index contributed by atoms with van der Waals surface area (Å²) in [6, 6.07) is 4.99. The summed E-state index contributed by atoms with van der Waals surface area (Å²) in [5.74, 6) is 0. The number of nitrogens with one attached hydrogen (secondary N) is 1. The molecule has 0 heterocycles. The fourth-order valence-electron chi connectivity index (χ4n) is 0.975. The Morgan fingerprint density at radius 1 is 1.58 bits per heavy atom. The zero-order valence-corrected chi connectivity index (χ0v) is 7.43. The van der Waals surface area contributed by atoms with E-state index in [1.165, 1.54) is 0 Å². The second-order valence-corrected chi connectivity index (χ2v) is 2.83. The van der Waals surface area contributed by atoms with E-state index in [0.29, 0.717) is 17.3 Å². The van der Waals surface area contributed by atoms with Crippen molar-refractivity contribution in [2.24, 2.45) is 5.18 Å². The highest BCUT2D eigenvalue weighted by Gasteiger charge is 2.01. The van der Waals surface area contributed by atoms with Gasteiger partial charge in [0, 0.05) is 11.6 Å². The molecular weight excluding hydrogens is 176 g/mol. The molecule has 3 nitrogen and oxygen atoms in total. The molecule has 12 heavy (non-hydrogen) atoms. The Labute approximate surface area is 75.7 Å². The first-order chi connectivity index (χ1) is 5.77. The number of rotatable bonds is 3. The molecule has 0 fully saturated rings. The number of benzene rings is 1. The summed E-state index contributed by atoms with van der Waals surface area (Å²) in [5.41, 5.74) is 1.26. The third-order valence-corrected chi connectivity index (χ3v) is 1.74. The topological polar surface area (TPSA) is 41.5 Å². The monoisotopic (exact) mass is 184 g/mol. The van der Waals surface area contributed by atoms with Gasteiger partial charge in [0.1, 0.15) is 5.69 Å². The number of nitroso groups, excluding NO2 is 1. The van der Waals surface area contributed by atoms with Crippen molar-refractivity contribution in [1.82, 2.24) is 5.32 Å². The summed E-state index contributed by atoms with van der Waals surface area (Å²) in [5, 5.41) is 6.43. The fraction of sp³-hybridized carbons (Fsp3) is 0.250. The van der Waals surface area contributed by atoms with Crippen LogP contribution in [0.3, 0.4) is 0 Å². The molecule has 64 valence electrons. The Balaban J connectivity index is 3.03. The molecule has 0 bridgehead atoms. The molecule has 0 unspecified atom stereocenters. The van der Waals surface area contributed by atoms with E-state index in [2.05, 4.69) is 10.5 Å². The zero-order valence-electron chi connectivity index (χ0n) is 6.67. The quantitative estimate of drug-likeness (QED) is 0.734. The first-order valence-corrected chi connectivity index (χ1v) is 3.92. The molecule has 0 atom stereocenters. The predicted molar refractivity (Wildman–Crippen MR) is 49.7 cm³/mol. The summed E-state index contributed by atoms with van der Waals surface area (Å²) in [7, 11) is 1.80. The molecule has 0 radical (unpaired) electrons. The second kappa shape index (κ2) is 4.18. The van der Waals surface area contributed by atoms with Crippen LogP contribution in [0, 0.1) is 4.91 Å². The average molecular weight is 185 g/mol. The van der Waals surface area contributed by atoms with E-state index in [9.17, 15) is 4.91 Å². The minimum Gasteiger partial charge on any atom is -0.316 e. The fourth-order valence-corrected chi connectivity index (χ4v) is 1.17. The van der Waals surface area contributed by atoms with Crippen molar-refractivity contribution in [3.63, 3.8) is 0 Å². The van der Waals surface area contributed by atoms with Gasteiger partial charge in [-0.15, -0.1) is 4.91 Å². The van der Waals surface area contributed by atoms with Crippen LogP contribution in [0.2, 0.25) is 5.02 Å². The number of hydrogen-bond acceptors (Lipinski definition) is 3. The lowest BCUT2D eigenvalue weighted by Gasteiger charge is -2.02. The number of halogens is 1. The molecule has 0 amide bonds. The Hall–Kier alpha value is -0.930. The molecule has 4 heteroatoms. The second-order valence-electron chi connectivity index (χ2n) is 2.39. The van der Waals surface area contributed by atoms with Gasteiger partial charge in [-0.2, -0.15) is 0 Å². The number of hydrogen-bond donors (Lipinski definition) is 1. The van der Waals surface area contributed by atoms with E-state index in [0.717, 1.165) is 5.56 Å². The molecule has 1 N–H and O–H groups in total. The van der Waals surface area contributed by atoms with E-state index in [1.807, 2.05) is 0 Å². The largest absolute Gasteiger partial charge is 0.316 e. The van der Waals surface area contributed by atoms with Gasteiger partial charge in [0.25, 0.3) is 0 Å². The van der Waals surface area contributed by atoms with Gasteiger partial charge in [0.15, 0.2) is 0 Å². The van der Waals surface area contributed by atoms with E-state index >= 15 is 0 Å². The van der Waals surface area contributed by atoms with Crippen molar-refractivity contribution in [2.75, 3.05) is 7.05 Å². The molecule has 0 aliphatic rings. The highest BCUT2D eigenvalue weighted by Crippen LogP contribution is 2.22. The molecule has 0 spiro atoms. The first kappa shape index (κ1) is 9.16. The van der Waals surface area contributed by atoms with Crippen molar-refractivity contribution < 1.29 is 0 Å². The molecule has 0 saturated carbocycles. The highest BCUT2D eigenvalue weighted by atomic mass is 35.5. The van der Waals surface area contributed by atoms with E-state index < -0.39 is 0 Å². The lowest BCUT2D eigenvalue weighted by atomic mass is 10.2. The summed E-state index contributed by atoms with van der Waals surface area (Å²) in [4.78, 5) is 10.3. The normalized spacial score (nSPS) is 9.83. The van der Waals surface area contributed by atoms with E-state index in [1.54, 1.807) is 25.2 Å². The lowest BCUT2D eigenvalue weighted by molar-refractivity contribution is 0.818. The van der Waals surface area contributed by atoms with Crippen molar-refractivity contribution in [1.29, 1.82) is 0 Å². The maximum absolute atomic E-state index is 10.3. The molecule has 1 rings (SSSR count). The Kier molecular flexibility index (Phi) is 3.19. The minimum atomic E-state index is 0.439. The van der Waals surface area contributed by atoms with Gasteiger partial charge in [0.2, 0.25) is 0 Å². The van der Waals surface area contributed by atoms with Crippen molar-refractivity contribution in [2.45, 2.75) is 6.54 Å². The maximum Gasteiger partial charge on any atom is 0.112 e. The van der Waals surface area contributed by atoms with Crippen LogP contribution < -0.4 is 5.32 Å². The van der Waals surface area contributed by atoms with Gasteiger partial charge in [-0.3, -0.25) is 0 Å². The van der Waals surface area contributed by atoms with Crippen LogP contribution in [0.5, 0.6) is 0 Å². The van der Waals surface area contributed by atoms with Crippen molar-refractivity contribution in [3.8, 4) is 0 Å². The van der Waals surface area contributed by atoms with Crippen LogP contribution in [-0.2, 0) is 6.54 Å². The van der Waals surface area contributed by atoms with Crippen LogP contribution >= 0.6 is 11.6 Å². The predicted octanol–water partition coefficient (Wildman–Crippen LogP) is 2.46. The van der Waals surface area contributed by atoms with Crippen LogP contribution in [-0.4, -0.2) is 7.05 Å². The van der Waals surface area contributed by atoms with Gasteiger partial charge in [-0.05, 0) is 36.0 Å². The Bertz CT molecular complexity index is 288. The summed E-state index contributed by atoms with van der Waals surface area (Å²) in [6.07, 6.45) is 0. The minimum absolute atomic E-state index is 0.439. The smallest absolute Gasteiger partial charge is 0.112 e. The zero-order chi connectivity index (χ0) is 8.97. The Morgan fingerprint density at radius 2 is 2.33 bits per heavy atom. The van der Waals surface area contributed by atoms with Crippen LogP contribution in [0.25, 0.3) is 0 Å². The first-order valence-electron chi connectivity index (χ1n) is 3.54. The molecule has 0 aromatic heterocycles. The van der Waals surface area contributed by atoms with Crippen LogP contribution in [0.15, 0.2) is 23.4 Å². The molecule has 0 saturated heterocycles. The summed E-state index contributed by atoms with van der Waals surface area (Å²) in [6.45, 7) is 0.599. The molecule has 1 aromatic rings. The number of nitrogens with zero attached hydrogens (tertiary/aromatic N) is 1.